The zero-order chi connectivity index (χ0) is 9.61. The Balaban J connectivity index is 3.70. The van der Waals surface area contributed by atoms with Gasteiger partial charge < -0.3 is 4.74 Å². The minimum Gasteiger partial charge on any atom is -0.368 e. The average molecular weight is 416 g/mol. The van der Waals surface area contributed by atoms with Gasteiger partial charge in [-0.25, -0.2) is 0 Å². The third-order valence-electron chi connectivity index (χ3n) is 1.55. The fourth-order valence-corrected chi connectivity index (χ4v) is 4.45. The van der Waals surface area contributed by atoms with E-state index in [1.54, 1.807) is 0 Å². The molecule has 0 rings (SSSR count). The molecule has 74 valence electrons. The second kappa shape index (κ2) is 7.06. The van der Waals surface area contributed by atoms with Gasteiger partial charge in [-0.15, -0.1) is 11.6 Å². The summed E-state index contributed by atoms with van der Waals surface area (Å²) in [5.74, 6) is 0.731. The van der Waals surface area contributed by atoms with Crippen LogP contribution in [-0.4, -0.2) is 20.0 Å². The van der Waals surface area contributed by atoms with Gasteiger partial charge in [0.25, 0.3) is 0 Å². The molecule has 0 aliphatic rings. The molecule has 0 aliphatic carbocycles. The van der Waals surface area contributed by atoms with Crippen molar-refractivity contribution in [3.05, 3.63) is 0 Å². The van der Waals surface area contributed by atoms with E-state index in [0.29, 0.717) is 4.11 Å². The van der Waals surface area contributed by atoms with E-state index in [-0.39, 0.29) is 3.42 Å². The maximum absolute atomic E-state index is 5.70. The van der Waals surface area contributed by atoms with E-state index in [4.69, 9.17) is 16.3 Å². The molecule has 1 nitrogen and oxygen atoms in total. The largest absolute Gasteiger partial charge is 0.368 e. The van der Waals surface area contributed by atoms with Crippen LogP contribution < -0.4 is 0 Å². The van der Waals surface area contributed by atoms with Gasteiger partial charge in [0.15, 0.2) is 0 Å². The fraction of sp³-hybridized carbons (Fsp3) is 1.00. The highest BCUT2D eigenvalue weighted by Crippen LogP contribution is 2.31. The van der Waals surface area contributed by atoms with Crippen molar-refractivity contribution in [2.24, 2.45) is 0 Å². The molecule has 0 aromatic heterocycles. The minimum absolute atomic E-state index is 0.278. The van der Waals surface area contributed by atoms with Crippen molar-refractivity contribution in [2.75, 3.05) is 12.5 Å². The highest BCUT2D eigenvalue weighted by Gasteiger charge is 2.23. The van der Waals surface area contributed by atoms with Crippen LogP contribution in [0.15, 0.2) is 0 Å². The Morgan fingerprint density at radius 3 is 2.58 bits per heavy atom. The van der Waals surface area contributed by atoms with Crippen LogP contribution in [0.25, 0.3) is 0 Å². The van der Waals surface area contributed by atoms with Crippen molar-refractivity contribution >= 4 is 56.8 Å². The van der Waals surface area contributed by atoms with Crippen LogP contribution in [0, 0.1) is 0 Å². The lowest BCUT2D eigenvalue weighted by atomic mass is 10.1. The maximum atomic E-state index is 5.70. The molecule has 0 heterocycles. The zero-order valence-corrected chi connectivity index (χ0v) is 12.5. The van der Waals surface area contributed by atoms with Crippen LogP contribution in [0.4, 0.5) is 0 Å². The van der Waals surface area contributed by atoms with Gasteiger partial charge in [0.1, 0.15) is 4.11 Å². The molecule has 0 aliphatic heterocycles. The standard InChI is InChI=1S/C8H15ClI2O/c1-3-12-7(10)6-8(2,11)4-5-9/h7H,3-6H2,1-2H3. The first-order valence-electron chi connectivity index (χ1n) is 4.02. The molecular formula is C8H15ClI2O. The lowest BCUT2D eigenvalue weighted by Gasteiger charge is -2.24. The van der Waals surface area contributed by atoms with E-state index in [9.17, 15) is 0 Å². The molecule has 0 amide bonds. The van der Waals surface area contributed by atoms with Crippen LogP contribution in [-0.2, 0) is 4.74 Å². The van der Waals surface area contributed by atoms with Crippen molar-refractivity contribution in [3.8, 4) is 0 Å². The predicted molar refractivity (Wildman–Crippen MR) is 71.8 cm³/mol. The van der Waals surface area contributed by atoms with E-state index in [1.807, 2.05) is 6.92 Å². The first kappa shape index (κ1) is 13.7. The second-order valence-corrected chi connectivity index (χ2v) is 7.29. The van der Waals surface area contributed by atoms with Crippen molar-refractivity contribution < 1.29 is 4.74 Å². The molecule has 2 unspecified atom stereocenters. The topological polar surface area (TPSA) is 9.23 Å². The van der Waals surface area contributed by atoms with Crippen molar-refractivity contribution in [1.82, 2.24) is 0 Å². The third kappa shape index (κ3) is 7.15. The summed E-state index contributed by atoms with van der Waals surface area (Å²) < 4.78 is 6.06. The smallest absolute Gasteiger partial charge is 0.110 e. The minimum atomic E-state index is 0.278. The van der Waals surface area contributed by atoms with E-state index in [1.165, 1.54) is 0 Å². The number of ether oxygens (including phenoxy) is 1. The van der Waals surface area contributed by atoms with Gasteiger partial charge in [-0.05, 0) is 19.8 Å². The van der Waals surface area contributed by atoms with Crippen molar-refractivity contribution in [3.63, 3.8) is 0 Å². The SMILES string of the molecule is CCOC(I)CC(C)(I)CCCl. The summed E-state index contributed by atoms with van der Waals surface area (Å²) in [4.78, 5) is 0. The lowest BCUT2D eigenvalue weighted by molar-refractivity contribution is 0.124. The molecule has 0 saturated carbocycles. The van der Waals surface area contributed by atoms with E-state index in [0.717, 1.165) is 25.3 Å². The Morgan fingerprint density at radius 1 is 1.58 bits per heavy atom. The van der Waals surface area contributed by atoms with Crippen LogP contribution in [0.5, 0.6) is 0 Å². The number of alkyl halides is 3. The van der Waals surface area contributed by atoms with Crippen LogP contribution in [0.2, 0.25) is 0 Å². The predicted octanol–water partition coefficient (Wildman–Crippen LogP) is 4.00. The normalized spacial score (nSPS) is 18.8. The van der Waals surface area contributed by atoms with Crippen LogP contribution in [0.1, 0.15) is 26.7 Å². The molecule has 0 saturated heterocycles. The van der Waals surface area contributed by atoms with Gasteiger partial charge in [0, 0.05) is 15.9 Å². The number of hydrogen-bond donors (Lipinski definition) is 0. The second-order valence-electron chi connectivity index (χ2n) is 2.92. The van der Waals surface area contributed by atoms with Crippen molar-refractivity contribution in [2.45, 2.75) is 34.2 Å². The van der Waals surface area contributed by atoms with Crippen molar-refractivity contribution in [1.29, 1.82) is 0 Å². The number of rotatable bonds is 6. The average Bonchev–Trinajstić information content (AvgIpc) is 1.85. The number of hydrogen-bond acceptors (Lipinski definition) is 1. The Bertz CT molecular complexity index is 120. The van der Waals surface area contributed by atoms with Gasteiger partial charge in [-0.1, -0.05) is 52.1 Å². The molecule has 12 heavy (non-hydrogen) atoms. The zero-order valence-electron chi connectivity index (χ0n) is 7.45. The number of halogens is 3. The summed E-state index contributed by atoms with van der Waals surface area (Å²) in [6.45, 7) is 5.04. The molecule has 0 radical (unpaired) electrons. The summed E-state index contributed by atoms with van der Waals surface area (Å²) in [6.07, 6.45) is 2.11. The summed E-state index contributed by atoms with van der Waals surface area (Å²) in [7, 11) is 0. The van der Waals surface area contributed by atoms with Crippen LogP contribution in [0.3, 0.4) is 0 Å². The van der Waals surface area contributed by atoms with Crippen LogP contribution >= 0.6 is 56.8 Å². The Kier molecular flexibility index (Phi) is 8.07. The Labute approximate surface area is 107 Å². The third-order valence-corrected chi connectivity index (χ3v) is 3.52. The summed E-state index contributed by atoms with van der Waals surface area (Å²) >= 11 is 10.5. The highest BCUT2D eigenvalue weighted by molar-refractivity contribution is 14.1. The molecule has 2 atom stereocenters. The first-order valence-corrected chi connectivity index (χ1v) is 6.88. The van der Waals surface area contributed by atoms with Gasteiger partial charge in [0.2, 0.25) is 0 Å². The summed E-state index contributed by atoms with van der Waals surface area (Å²) in [6, 6.07) is 0. The molecule has 0 aromatic carbocycles. The first-order chi connectivity index (χ1) is 5.52. The fourth-order valence-electron chi connectivity index (χ4n) is 0.873. The Morgan fingerprint density at radius 2 is 2.17 bits per heavy atom. The molecule has 0 aromatic rings. The van der Waals surface area contributed by atoms with E-state index < -0.39 is 0 Å². The van der Waals surface area contributed by atoms with Gasteiger partial charge in [-0.2, -0.15) is 0 Å². The molecule has 0 spiro atoms. The van der Waals surface area contributed by atoms with Gasteiger partial charge >= 0.3 is 0 Å². The monoisotopic (exact) mass is 416 g/mol. The van der Waals surface area contributed by atoms with Gasteiger partial charge in [-0.3, -0.25) is 0 Å². The maximum Gasteiger partial charge on any atom is 0.110 e. The molecular weight excluding hydrogens is 401 g/mol. The van der Waals surface area contributed by atoms with E-state index >= 15 is 0 Å². The summed E-state index contributed by atoms with van der Waals surface area (Å²) in [5.41, 5.74) is 0. The van der Waals surface area contributed by atoms with E-state index in [2.05, 4.69) is 52.1 Å². The highest BCUT2D eigenvalue weighted by atomic mass is 127. The molecule has 4 heteroatoms. The molecule has 0 bridgehead atoms. The van der Waals surface area contributed by atoms with Gasteiger partial charge in [0.05, 0.1) is 0 Å². The lowest BCUT2D eigenvalue weighted by Crippen LogP contribution is -2.22. The quantitative estimate of drug-likeness (QED) is 0.470. The molecule has 0 N–H and O–H groups in total. The Hall–Kier alpha value is 1.71. The molecule has 0 fully saturated rings. The summed E-state index contributed by atoms with van der Waals surface area (Å²) in [5, 5.41) is 0.